The second kappa shape index (κ2) is 8.89. The van der Waals surface area contributed by atoms with Crippen LogP contribution in [0.25, 0.3) is 0 Å². The number of benzene rings is 1. The van der Waals surface area contributed by atoms with E-state index in [1.54, 1.807) is 12.1 Å². The zero-order valence-corrected chi connectivity index (χ0v) is 16.7. The molecule has 0 bridgehead atoms. The number of rotatable bonds is 5. The van der Waals surface area contributed by atoms with Crippen molar-refractivity contribution < 1.29 is 9.18 Å². The standard InChI is InChI=1S/C19H25FN6OS/c20-16-8-4-5-9-17(16)24-10-12-25(13-11-24)18(27)14-28-19-21-22-23-26(19)15-6-2-1-3-7-15/h4-5,8-9,15H,1-3,6-7,10-14H2. The number of tetrazole rings is 1. The quantitative estimate of drug-likeness (QED) is 0.714. The lowest BCUT2D eigenvalue weighted by Crippen LogP contribution is -2.49. The molecule has 1 aromatic carbocycles. The molecule has 2 heterocycles. The van der Waals surface area contributed by atoms with Crippen molar-refractivity contribution in [3.63, 3.8) is 0 Å². The first-order valence-corrected chi connectivity index (χ1v) is 10.9. The minimum Gasteiger partial charge on any atom is -0.366 e. The van der Waals surface area contributed by atoms with E-state index in [1.807, 2.05) is 20.5 Å². The molecule has 1 saturated heterocycles. The van der Waals surface area contributed by atoms with Crippen molar-refractivity contribution in [1.82, 2.24) is 25.1 Å². The van der Waals surface area contributed by atoms with Gasteiger partial charge in [0.05, 0.1) is 17.5 Å². The van der Waals surface area contributed by atoms with Crippen molar-refractivity contribution in [2.45, 2.75) is 43.3 Å². The van der Waals surface area contributed by atoms with Crippen LogP contribution >= 0.6 is 11.8 Å². The molecule has 0 radical (unpaired) electrons. The van der Waals surface area contributed by atoms with E-state index < -0.39 is 0 Å². The van der Waals surface area contributed by atoms with Crippen LogP contribution in [0.5, 0.6) is 0 Å². The number of anilines is 1. The molecule has 2 aromatic rings. The molecule has 1 aliphatic carbocycles. The van der Waals surface area contributed by atoms with Gasteiger partial charge in [-0.2, -0.15) is 0 Å². The van der Waals surface area contributed by atoms with E-state index >= 15 is 0 Å². The summed E-state index contributed by atoms with van der Waals surface area (Å²) in [6.45, 7) is 2.47. The molecule has 150 valence electrons. The first-order valence-electron chi connectivity index (χ1n) is 9.90. The molecular weight excluding hydrogens is 379 g/mol. The molecular formula is C19H25FN6OS. The van der Waals surface area contributed by atoms with Gasteiger partial charge < -0.3 is 9.80 Å². The summed E-state index contributed by atoms with van der Waals surface area (Å²) in [4.78, 5) is 16.5. The highest BCUT2D eigenvalue weighted by atomic mass is 32.2. The number of hydrogen-bond donors (Lipinski definition) is 0. The van der Waals surface area contributed by atoms with E-state index in [4.69, 9.17) is 0 Å². The summed E-state index contributed by atoms with van der Waals surface area (Å²) in [5, 5.41) is 12.8. The van der Waals surface area contributed by atoms with Gasteiger partial charge in [0.25, 0.3) is 0 Å². The molecule has 2 fully saturated rings. The summed E-state index contributed by atoms with van der Waals surface area (Å²) in [7, 11) is 0. The highest BCUT2D eigenvalue weighted by Crippen LogP contribution is 2.30. The average molecular weight is 405 g/mol. The highest BCUT2D eigenvalue weighted by molar-refractivity contribution is 7.99. The molecule has 1 saturated carbocycles. The number of carbonyl (C=O) groups excluding carboxylic acids is 1. The number of thioether (sulfide) groups is 1. The van der Waals surface area contributed by atoms with Crippen LogP contribution in [0.2, 0.25) is 0 Å². The smallest absolute Gasteiger partial charge is 0.233 e. The van der Waals surface area contributed by atoms with Crippen molar-refractivity contribution in [2.24, 2.45) is 0 Å². The van der Waals surface area contributed by atoms with Gasteiger partial charge in [0.2, 0.25) is 11.1 Å². The van der Waals surface area contributed by atoms with Gasteiger partial charge in [0.15, 0.2) is 0 Å². The van der Waals surface area contributed by atoms with Crippen molar-refractivity contribution in [1.29, 1.82) is 0 Å². The number of halogens is 1. The molecule has 1 amide bonds. The van der Waals surface area contributed by atoms with E-state index in [2.05, 4.69) is 15.5 Å². The van der Waals surface area contributed by atoms with Crippen molar-refractivity contribution in [2.75, 3.05) is 36.8 Å². The lowest BCUT2D eigenvalue weighted by atomic mass is 9.96. The lowest BCUT2D eigenvalue weighted by Gasteiger charge is -2.36. The number of para-hydroxylation sites is 1. The Balaban J connectivity index is 1.29. The average Bonchev–Trinajstić information content (AvgIpc) is 3.22. The van der Waals surface area contributed by atoms with Crippen LogP contribution in [-0.4, -0.2) is 62.9 Å². The molecule has 0 atom stereocenters. The fourth-order valence-electron chi connectivity index (χ4n) is 3.96. The van der Waals surface area contributed by atoms with Gasteiger partial charge in [0.1, 0.15) is 5.82 Å². The number of hydrogen-bond acceptors (Lipinski definition) is 6. The SMILES string of the molecule is O=C(CSc1nnnn1C1CCCCC1)N1CCN(c2ccccc2F)CC1. The molecule has 0 N–H and O–H groups in total. The second-order valence-electron chi connectivity index (χ2n) is 7.31. The Morgan fingerprint density at radius 2 is 1.86 bits per heavy atom. The monoisotopic (exact) mass is 404 g/mol. The third-order valence-corrected chi connectivity index (χ3v) is 6.45. The number of amides is 1. The van der Waals surface area contributed by atoms with E-state index in [0.717, 1.165) is 18.0 Å². The Bertz CT molecular complexity index is 801. The van der Waals surface area contributed by atoms with Gasteiger partial charge in [-0.3, -0.25) is 4.79 Å². The Kier molecular flexibility index (Phi) is 6.09. The van der Waals surface area contributed by atoms with Gasteiger partial charge in [0, 0.05) is 26.2 Å². The van der Waals surface area contributed by atoms with Crippen LogP contribution in [0.15, 0.2) is 29.4 Å². The molecule has 1 aromatic heterocycles. The second-order valence-corrected chi connectivity index (χ2v) is 8.25. The highest BCUT2D eigenvalue weighted by Gasteiger charge is 2.24. The first-order chi connectivity index (χ1) is 13.7. The topological polar surface area (TPSA) is 67.2 Å². The Morgan fingerprint density at radius 3 is 2.61 bits per heavy atom. The van der Waals surface area contributed by atoms with Crippen molar-refractivity contribution in [3.05, 3.63) is 30.1 Å². The number of piperazine rings is 1. The minimum absolute atomic E-state index is 0.0800. The van der Waals surface area contributed by atoms with Gasteiger partial charge in [-0.25, -0.2) is 9.07 Å². The van der Waals surface area contributed by atoms with Crippen LogP contribution in [0.1, 0.15) is 38.1 Å². The van der Waals surface area contributed by atoms with Crippen LogP contribution in [-0.2, 0) is 4.79 Å². The van der Waals surface area contributed by atoms with Crippen LogP contribution < -0.4 is 4.90 Å². The van der Waals surface area contributed by atoms with E-state index in [1.165, 1.54) is 37.1 Å². The van der Waals surface area contributed by atoms with Gasteiger partial charge >= 0.3 is 0 Å². The zero-order chi connectivity index (χ0) is 19.3. The molecule has 0 spiro atoms. The summed E-state index contributed by atoms with van der Waals surface area (Å²) in [5.41, 5.74) is 0.607. The van der Waals surface area contributed by atoms with E-state index in [0.29, 0.717) is 43.7 Å². The van der Waals surface area contributed by atoms with E-state index in [-0.39, 0.29) is 11.7 Å². The summed E-state index contributed by atoms with van der Waals surface area (Å²) >= 11 is 1.41. The van der Waals surface area contributed by atoms with Gasteiger partial charge in [-0.05, 0) is 35.4 Å². The minimum atomic E-state index is -0.215. The maximum atomic E-state index is 14.0. The third kappa shape index (κ3) is 4.29. The zero-order valence-electron chi connectivity index (χ0n) is 15.8. The Labute approximate surface area is 168 Å². The van der Waals surface area contributed by atoms with Gasteiger partial charge in [-0.15, -0.1) is 5.10 Å². The molecule has 4 rings (SSSR count). The summed E-state index contributed by atoms with van der Waals surface area (Å²) in [5.74, 6) is 0.191. The van der Waals surface area contributed by atoms with Crippen molar-refractivity contribution >= 4 is 23.4 Å². The van der Waals surface area contributed by atoms with E-state index in [9.17, 15) is 9.18 Å². The molecule has 7 nitrogen and oxygen atoms in total. The third-order valence-electron chi connectivity index (χ3n) is 5.53. The predicted octanol–water partition coefficient (Wildman–Crippen LogP) is 2.76. The number of nitrogens with zero attached hydrogens (tertiary/aromatic N) is 6. The molecule has 0 unspecified atom stereocenters. The first kappa shape index (κ1) is 19.2. The Hall–Kier alpha value is -2.16. The van der Waals surface area contributed by atoms with Crippen LogP contribution in [0.4, 0.5) is 10.1 Å². The molecule has 2 aliphatic rings. The summed E-state index contributed by atoms with van der Waals surface area (Å²) < 4.78 is 15.8. The maximum Gasteiger partial charge on any atom is 0.233 e. The van der Waals surface area contributed by atoms with Crippen molar-refractivity contribution in [3.8, 4) is 0 Å². The normalized spacial score (nSPS) is 18.5. The van der Waals surface area contributed by atoms with Crippen LogP contribution in [0.3, 0.4) is 0 Å². The number of aromatic nitrogens is 4. The predicted molar refractivity (Wildman–Crippen MR) is 106 cm³/mol. The Morgan fingerprint density at radius 1 is 1.11 bits per heavy atom. The molecule has 9 heteroatoms. The molecule has 1 aliphatic heterocycles. The molecule has 28 heavy (non-hydrogen) atoms. The maximum absolute atomic E-state index is 14.0. The summed E-state index contributed by atoms with van der Waals surface area (Å²) in [6.07, 6.45) is 5.90. The fourth-order valence-corrected chi connectivity index (χ4v) is 4.81. The largest absolute Gasteiger partial charge is 0.366 e. The van der Waals surface area contributed by atoms with Crippen LogP contribution in [0, 0.1) is 5.82 Å². The fraction of sp³-hybridized carbons (Fsp3) is 0.579. The summed E-state index contributed by atoms with van der Waals surface area (Å²) in [6, 6.07) is 7.14. The number of carbonyl (C=O) groups is 1. The van der Waals surface area contributed by atoms with Gasteiger partial charge in [-0.1, -0.05) is 43.2 Å². The lowest BCUT2D eigenvalue weighted by molar-refractivity contribution is -0.128.